The maximum Gasteiger partial charge on any atom is 0.158 e. The molecule has 3 aromatic rings. The largest absolute Gasteiger partial charge is 0.216 e. The smallest absolute Gasteiger partial charge is 0.158 e. The van der Waals surface area contributed by atoms with Crippen LogP contribution in [0.5, 0.6) is 0 Å². The van der Waals surface area contributed by atoms with Crippen molar-refractivity contribution >= 4 is 40.4 Å². The Morgan fingerprint density at radius 1 is 1.11 bits per heavy atom. The van der Waals surface area contributed by atoms with E-state index in [1.165, 1.54) is 0 Å². The van der Waals surface area contributed by atoms with Crippen LogP contribution in [0.2, 0.25) is 15.3 Å². The number of rotatable bonds is 1. The van der Waals surface area contributed by atoms with Crippen LogP contribution < -0.4 is 0 Å². The van der Waals surface area contributed by atoms with Gasteiger partial charge in [-0.1, -0.05) is 46.9 Å². The molecule has 0 amide bonds. The number of hydrogen-bond donors (Lipinski definition) is 0. The van der Waals surface area contributed by atoms with Crippen LogP contribution in [0.4, 0.5) is 0 Å². The lowest BCUT2D eigenvalue weighted by molar-refractivity contribution is 0.920. The standard InChI is InChI=1S/C13H8Cl3N3/c1-7-5-10-17-12(15)11(13(16)19(10)18-7)8-3-2-4-9(14)6-8/h2-6H,1H3. The van der Waals surface area contributed by atoms with Gasteiger partial charge in [0.05, 0.1) is 11.3 Å². The van der Waals surface area contributed by atoms with E-state index in [1.807, 2.05) is 25.1 Å². The van der Waals surface area contributed by atoms with Crippen LogP contribution in [0.25, 0.3) is 16.8 Å². The second-order valence-corrected chi connectivity index (χ2v) is 5.29. The van der Waals surface area contributed by atoms with Gasteiger partial charge >= 0.3 is 0 Å². The molecule has 2 aromatic heterocycles. The zero-order valence-electron chi connectivity index (χ0n) is 9.86. The lowest BCUT2D eigenvalue weighted by Gasteiger charge is -2.08. The summed E-state index contributed by atoms with van der Waals surface area (Å²) in [4.78, 5) is 4.30. The van der Waals surface area contributed by atoms with Crippen molar-refractivity contribution in [1.82, 2.24) is 14.6 Å². The predicted molar refractivity (Wildman–Crippen MR) is 78.2 cm³/mol. The van der Waals surface area contributed by atoms with E-state index in [9.17, 15) is 0 Å². The molecule has 0 aliphatic carbocycles. The monoisotopic (exact) mass is 311 g/mol. The molecule has 1 aromatic carbocycles. The summed E-state index contributed by atoms with van der Waals surface area (Å²) in [7, 11) is 0. The van der Waals surface area contributed by atoms with E-state index in [0.717, 1.165) is 11.3 Å². The summed E-state index contributed by atoms with van der Waals surface area (Å²) in [5, 5.41) is 5.66. The van der Waals surface area contributed by atoms with Crippen molar-refractivity contribution in [3.63, 3.8) is 0 Å². The molecule has 96 valence electrons. The summed E-state index contributed by atoms with van der Waals surface area (Å²) in [6.07, 6.45) is 0. The molecule has 0 unspecified atom stereocenters. The van der Waals surface area contributed by atoms with Crippen molar-refractivity contribution in [2.75, 3.05) is 0 Å². The van der Waals surface area contributed by atoms with E-state index in [1.54, 1.807) is 16.6 Å². The second kappa shape index (κ2) is 4.67. The second-order valence-electron chi connectivity index (χ2n) is 4.13. The highest BCUT2D eigenvalue weighted by Crippen LogP contribution is 2.35. The maximum absolute atomic E-state index is 6.38. The lowest BCUT2D eigenvalue weighted by Crippen LogP contribution is -1.97. The zero-order chi connectivity index (χ0) is 13.6. The molecule has 0 N–H and O–H groups in total. The van der Waals surface area contributed by atoms with Gasteiger partial charge in [0.1, 0.15) is 10.3 Å². The van der Waals surface area contributed by atoms with Gasteiger partial charge < -0.3 is 0 Å². The lowest BCUT2D eigenvalue weighted by atomic mass is 10.1. The Morgan fingerprint density at radius 2 is 1.89 bits per heavy atom. The third-order valence-electron chi connectivity index (χ3n) is 2.74. The van der Waals surface area contributed by atoms with Gasteiger partial charge in [0.2, 0.25) is 0 Å². The third kappa shape index (κ3) is 2.18. The minimum Gasteiger partial charge on any atom is -0.216 e. The van der Waals surface area contributed by atoms with Gasteiger partial charge in [0, 0.05) is 11.1 Å². The Balaban J connectivity index is 2.34. The van der Waals surface area contributed by atoms with Crippen LogP contribution in [0.15, 0.2) is 30.3 Å². The van der Waals surface area contributed by atoms with Crippen LogP contribution in [0.1, 0.15) is 5.69 Å². The molecular weight excluding hydrogens is 305 g/mol. The van der Waals surface area contributed by atoms with Crippen LogP contribution >= 0.6 is 34.8 Å². The summed E-state index contributed by atoms with van der Waals surface area (Å²) >= 11 is 18.6. The highest BCUT2D eigenvalue weighted by atomic mass is 35.5. The van der Waals surface area contributed by atoms with Crippen molar-refractivity contribution < 1.29 is 0 Å². The van der Waals surface area contributed by atoms with Crippen molar-refractivity contribution in [2.24, 2.45) is 0 Å². The van der Waals surface area contributed by atoms with Crippen LogP contribution in [0, 0.1) is 6.92 Å². The summed E-state index contributed by atoms with van der Waals surface area (Å²) in [5.74, 6) is 0. The van der Waals surface area contributed by atoms with E-state index in [4.69, 9.17) is 34.8 Å². The predicted octanol–water partition coefficient (Wildman–Crippen LogP) is 4.66. The Morgan fingerprint density at radius 3 is 2.63 bits per heavy atom. The average Bonchev–Trinajstić information content (AvgIpc) is 2.70. The SMILES string of the molecule is Cc1cc2nc(Cl)c(-c3cccc(Cl)c3)c(Cl)n2n1. The first-order valence-electron chi connectivity index (χ1n) is 5.53. The molecule has 0 saturated heterocycles. The molecule has 19 heavy (non-hydrogen) atoms. The van der Waals surface area contributed by atoms with E-state index in [-0.39, 0.29) is 0 Å². The first-order valence-corrected chi connectivity index (χ1v) is 6.67. The van der Waals surface area contributed by atoms with Gasteiger partial charge in [-0.05, 0) is 24.6 Å². The number of aromatic nitrogens is 3. The molecule has 3 nitrogen and oxygen atoms in total. The van der Waals surface area contributed by atoms with E-state index < -0.39 is 0 Å². The summed E-state index contributed by atoms with van der Waals surface area (Å²) in [6.45, 7) is 1.87. The Hall–Kier alpha value is -1.29. The fraction of sp³-hybridized carbons (Fsp3) is 0.0769. The van der Waals surface area contributed by atoms with Crippen molar-refractivity contribution in [1.29, 1.82) is 0 Å². The van der Waals surface area contributed by atoms with Crippen molar-refractivity contribution in [3.05, 3.63) is 51.4 Å². The molecule has 0 bridgehead atoms. The zero-order valence-corrected chi connectivity index (χ0v) is 12.1. The molecule has 0 aliphatic heterocycles. The van der Waals surface area contributed by atoms with E-state index >= 15 is 0 Å². The number of benzene rings is 1. The van der Waals surface area contributed by atoms with Gasteiger partial charge in [0.15, 0.2) is 5.65 Å². The number of halogens is 3. The fourth-order valence-electron chi connectivity index (χ4n) is 1.94. The molecule has 3 rings (SSSR count). The number of nitrogens with zero attached hydrogens (tertiary/aromatic N) is 3. The molecule has 2 heterocycles. The van der Waals surface area contributed by atoms with Gasteiger partial charge in [-0.2, -0.15) is 5.10 Å². The molecule has 0 fully saturated rings. The van der Waals surface area contributed by atoms with Gasteiger partial charge in [-0.25, -0.2) is 9.50 Å². The quantitative estimate of drug-likeness (QED) is 0.611. The molecule has 0 saturated carbocycles. The van der Waals surface area contributed by atoms with E-state index in [2.05, 4.69) is 10.1 Å². The minimum absolute atomic E-state index is 0.333. The Labute approximate surface area is 124 Å². The van der Waals surface area contributed by atoms with Crippen LogP contribution in [-0.2, 0) is 0 Å². The molecule has 6 heteroatoms. The number of hydrogen-bond acceptors (Lipinski definition) is 2. The van der Waals surface area contributed by atoms with Gasteiger partial charge in [-0.15, -0.1) is 0 Å². The van der Waals surface area contributed by atoms with Crippen molar-refractivity contribution in [2.45, 2.75) is 6.92 Å². The molecular formula is C13H8Cl3N3. The highest BCUT2D eigenvalue weighted by Gasteiger charge is 2.15. The first kappa shape index (κ1) is 12.7. The summed E-state index contributed by atoms with van der Waals surface area (Å²) < 4.78 is 1.57. The topological polar surface area (TPSA) is 30.2 Å². The van der Waals surface area contributed by atoms with Crippen LogP contribution in [-0.4, -0.2) is 14.6 Å². The third-order valence-corrected chi connectivity index (χ3v) is 3.59. The maximum atomic E-state index is 6.38. The highest BCUT2D eigenvalue weighted by molar-refractivity contribution is 6.38. The summed E-state index contributed by atoms with van der Waals surface area (Å²) in [5.41, 5.74) is 2.89. The minimum atomic E-state index is 0.333. The number of fused-ring (bicyclic) bond motifs is 1. The first-order chi connectivity index (χ1) is 9.06. The Kier molecular flexibility index (Phi) is 3.13. The number of aryl methyl sites for hydroxylation is 1. The fourth-order valence-corrected chi connectivity index (χ4v) is 2.79. The van der Waals surface area contributed by atoms with Gasteiger partial charge in [0.25, 0.3) is 0 Å². The molecule has 0 spiro atoms. The Bertz CT molecular complexity index is 780. The van der Waals surface area contributed by atoms with Crippen LogP contribution in [0.3, 0.4) is 0 Å². The summed E-state index contributed by atoms with van der Waals surface area (Å²) in [6, 6.07) is 9.11. The molecule has 0 radical (unpaired) electrons. The molecule has 0 atom stereocenters. The van der Waals surface area contributed by atoms with Gasteiger partial charge in [-0.3, -0.25) is 0 Å². The van der Waals surface area contributed by atoms with Crippen molar-refractivity contribution in [3.8, 4) is 11.1 Å². The molecule has 0 aliphatic rings. The normalized spacial score (nSPS) is 11.2. The average molecular weight is 313 g/mol. The van der Waals surface area contributed by atoms with E-state index in [0.29, 0.717) is 26.5 Å².